The van der Waals surface area contributed by atoms with Crippen LogP contribution in [0.15, 0.2) is 47.4 Å². The van der Waals surface area contributed by atoms with Gasteiger partial charge in [0, 0.05) is 50.9 Å². The van der Waals surface area contributed by atoms with Crippen molar-refractivity contribution in [2.75, 3.05) is 39.4 Å². The standard InChI is InChI=1S/C19H21N3O6S/c23-22(24)16-3-1-15(2-4-16)14-20-7-9-21(10-8-20)29(25,26)17-5-6-18-19(13-17)28-12-11-27-18/h1-6,13H,7-12,14H2. The van der Waals surface area contributed by atoms with Gasteiger partial charge in [-0.2, -0.15) is 4.31 Å². The fraction of sp³-hybridized carbons (Fsp3) is 0.368. The lowest BCUT2D eigenvalue weighted by molar-refractivity contribution is -0.384. The molecule has 0 atom stereocenters. The van der Waals surface area contributed by atoms with Gasteiger partial charge in [0.15, 0.2) is 11.5 Å². The molecule has 0 radical (unpaired) electrons. The average molecular weight is 419 g/mol. The maximum atomic E-state index is 13.0. The van der Waals surface area contributed by atoms with Crippen molar-refractivity contribution in [3.05, 3.63) is 58.1 Å². The highest BCUT2D eigenvalue weighted by molar-refractivity contribution is 7.89. The number of nitrogens with zero attached hydrogens (tertiary/aromatic N) is 3. The van der Waals surface area contributed by atoms with Crippen molar-refractivity contribution in [1.82, 2.24) is 9.21 Å². The Hall–Kier alpha value is -2.69. The van der Waals surface area contributed by atoms with Crippen LogP contribution in [0.2, 0.25) is 0 Å². The molecule has 0 saturated carbocycles. The van der Waals surface area contributed by atoms with Crippen molar-refractivity contribution in [3.8, 4) is 11.5 Å². The fourth-order valence-electron chi connectivity index (χ4n) is 3.44. The number of ether oxygens (including phenoxy) is 2. The minimum absolute atomic E-state index is 0.0593. The number of non-ortho nitro benzene ring substituents is 1. The number of nitro benzene ring substituents is 1. The zero-order valence-corrected chi connectivity index (χ0v) is 16.5. The van der Waals surface area contributed by atoms with E-state index in [1.165, 1.54) is 22.5 Å². The molecule has 2 heterocycles. The van der Waals surface area contributed by atoms with Crippen LogP contribution in [0.1, 0.15) is 5.56 Å². The van der Waals surface area contributed by atoms with Gasteiger partial charge in [0.1, 0.15) is 13.2 Å². The smallest absolute Gasteiger partial charge is 0.269 e. The first kappa shape index (κ1) is 19.6. The van der Waals surface area contributed by atoms with E-state index in [-0.39, 0.29) is 10.6 Å². The van der Waals surface area contributed by atoms with Gasteiger partial charge in [-0.05, 0) is 17.7 Å². The summed E-state index contributed by atoms with van der Waals surface area (Å²) in [6, 6.07) is 11.1. The summed E-state index contributed by atoms with van der Waals surface area (Å²) >= 11 is 0. The van der Waals surface area contributed by atoms with Gasteiger partial charge in [0.05, 0.1) is 9.82 Å². The van der Waals surface area contributed by atoms with Crippen LogP contribution in [0.4, 0.5) is 5.69 Å². The van der Waals surface area contributed by atoms with E-state index in [0.29, 0.717) is 57.4 Å². The van der Waals surface area contributed by atoms with E-state index in [1.54, 1.807) is 24.3 Å². The minimum atomic E-state index is -3.61. The highest BCUT2D eigenvalue weighted by atomic mass is 32.2. The van der Waals surface area contributed by atoms with E-state index >= 15 is 0 Å². The third-order valence-corrected chi connectivity index (χ3v) is 6.93. The number of nitro groups is 1. The third-order valence-electron chi connectivity index (χ3n) is 5.04. The number of fused-ring (bicyclic) bond motifs is 1. The van der Waals surface area contributed by atoms with Crippen molar-refractivity contribution in [2.45, 2.75) is 11.4 Å². The number of piperazine rings is 1. The van der Waals surface area contributed by atoms with Crippen LogP contribution < -0.4 is 9.47 Å². The van der Waals surface area contributed by atoms with E-state index in [2.05, 4.69) is 4.90 Å². The lowest BCUT2D eigenvalue weighted by Gasteiger charge is -2.34. The van der Waals surface area contributed by atoms with Gasteiger partial charge in [0.2, 0.25) is 10.0 Å². The molecule has 0 unspecified atom stereocenters. The summed E-state index contributed by atoms with van der Waals surface area (Å²) < 4.78 is 38.4. The number of hydrogen-bond donors (Lipinski definition) is 0. The molecular formula is C19H21N3O6S. The number of hydrogen-bond acceptors (Lipinski definition) is 7. The van der Waals surface area contributed by atoms with Crippen LogP contribution in [0.5, 0.6) is 11.5 Å². The number of sulfonamides is 1. The Balaban J connectivity index is 1.39. The van der Waals surface area contributed by atoms with Crippen molar-refractivity contribution in [2.24, 2.45) is 0 Å². The first-order valence-corrected chi connectivity index (χ1v) is 10.7. The molecule has 2 aliphatic heterocycles. The molecule has 0 amide bonds. The average Bonchev–Trinajstić information content (AvgIpc) is 2.74. The Morgan fingerprint density at radius 3 is 2.24 bits per heavy atom. The van der Waals surface area contributed by atoms with E-state index in [0.717, 1.165) is 5.56 Å². The molecule has 0 spiro atoms. The molecule has 0 bridgehead atoms. The second kappa shape index (κ2) is 7.97. The van der Waals surface area contributed by atoms with Crippen LogP contribution in [-0.4, -0.2) is 61.9 Å². The fourth-order valence-corrected chi connectivity index (χ4v) is 4.88. The molecule has 29 heavy (non-hydrogen) atoms. The first-order chi connectivity index (χ1) is 13.9. The SMILES string of the molecule is O=[N+]([O-])c1ccc(CN2CCN(S(=O)(=O)c3ccc4c(c3)OCCO4)CC2)cc1. The van der Waals surface area contributed by atoms with Gasteiger partial charge in [-0.25, -0.2) is 8.42 Å². The molecule has 2 aromatic rings. The first-order valence-electron chi connectivity index (χ1n) is 9.29. The van der Waals surface area contributed by atoms with Crippen LogP contribution in [0.25, 0.3) is 0 Å². The topological polar surface area (TPSA) is 102 Å². The summed E-state index contributed by atoms with van der Waals surface area (Å²) in [5.74, 6) is 1.01. The number of benzene rings is 2. The quantitative estimate of drug-likeness (QED) is 0.538. The van der Waals surface area contributed by atoms with Gasteiger partial charge in [0.25, 0.3) is 5.69 Å². The van der Waals surface area contributed by atoms with Gasteiger partial charge in [-0.15, -0.1) is 0 Å². The summed E-state index contributed by atoms with van der Waals surface area (Å²) in [7, 11) is -3.61. The van der Waals surface area contributed by atoms with E-state index in [1.807, 2.05) is 0 Å². The van der Waals surface area contributed by atoms with Crippen LogP contribution in [0, 0.1) is 10.1 Å². The van der Waals surface area contributed by atoms with Crippen molar-refractivity contribution in [1.29, 1.82) is 0 Å². The molecular weight excluding hydrogens is 398 g/mol. The third kappa shape index (κ3) is 4.19. The van der Waals surface area contributed by atoms with Gasteiger partial charge in [-0.1, -0.05) is 12.1 Å². The Bertz CT molecular complexity index is 1000. The summed E-state index contributed by atoms with van der Waals surface area (Å²) in [5, 5.41) is 10.7. The Kier molecular flexibility index (Phi) is 5.39. The van der Waals surface area contributed by atoms with E-state index < -0.39 is 14.9 Å². The second-order valence-corrected chi connectivity index (χ2v) is 8.85. The summed E-state index contributed by atoms with van der Waals surface area (Å²) in [5.41, 5.74) is 1.02. The Morgan fingerprint density at radius 1 is 0.931 bits per heavy atom. The molecule has 9 nitrogen and oxygen atoms in total. The van der Waals surface area contributed by atoms with Crippen LogP contribution >= 0.6 is 0 Å². The monoisotopic (exact) mass is 419 g/mol. The van der Waals surface area contributed by atoms with Crippen molar-refractivity contribution >= 4 is 15.7 Å². The maximum Gasteiger partial charge on any atom is 0.269 e. The molecule has 4 rings (SSSR count). The Morgan fingerprint density at radius 2 is 1.59 bits per heavy atom. The number of rotatable bonds is 5. The van der Waals surface area contributed by atoms with E-state index in [4.69, 9.17) is 9.47 Å². The minimum Gasteiger partial charge on any atom is -0.486 e. The molecule has 0 aromatic heterocycles. The predicted octanol–water partition coefficient (Wildman–Crippen LogP) is 1.87. The zero-order chi connectivity index (χ0) is 20.4. The maximum absolute atomic E-state index is 13.0. The van der Waals surface area contributed by atoms with Gasteiger partial charge < -0.3 is 9.47 Å². The summed E-state index contributed by atoms with van der Waals surface area (Å²) in [6.07, 6.45) is 0. The molecule has 1 fully saturated rings. The molecule has 2 aliphatic rings. The second-order valence-electron chi connectivity index (χ2n) is 6.91. The molecule has 10 heteroatoms. The van der Waals surface area contributed by atoms with Crippen molar-refractivity contribution < 1.29 is 22.8 Å². The molecule has 0 aliphatic carbocycles. The zero-order valence-electron chi connectivity index (χ0n) is 15.7. The van der Waals surface area contributed by atoms with Gasteiger partial charge >= 0.3 is 0 Å². The van der Waals surface area contributed by atoms with Crippen LogP contribution in [-0.2, 0) is 16.6 Å². The summed E-state index contributed by atoms with van der Waals surface area (Å²) in [4.78, 5) is 12.7. The lowest BCUT2D eigenvalue weighted by Crippen LogP contribution is -2.48. The molecule has 2 aromatic carbocycles. The molecule has 1 saturated heterocycles. The van der Waals surface area contributed by atoms with Crippen molar-refractivity contribution in [3.63, 3.8) is 0 Å². The van der Waals surface area contributed by atoms with E-state index in [9.17, 15) is 18.5 Å². The predicted molar refractivity (Wildman–Crippen MR) is 105 cm³/mol. The summed E-state index contributed by atoms with van der Waals surface area (Å²) in [6.45, 7) is 3.40. The Labute approximate surface area is 168 Å². The lowest BCUT2D eigenvalue weighted by atomic mass is 10.2. The van der Waals surface area contributed by atoms with Crippen LogP contribution in [0.3, 0.4) is 0 Å². The highest BCUT2D eigenvalue weighted by Gasteiger charge is 2.29. The molecule has 154 valence electrons. The largest absolute Gasteiger partial charge is 0.486 e. The normalized spacial score (nSPS) is 17.8. The molecule has 0 N–H and O–H groups in total. The van der Waals surface area contributed by atoms with Gasteiger partial charge in [-0.3, -0.25) is 15.0 Å². The highest BCUT2D eigenvalue weighted by Crippen LogP contribution is 2.33.